The molecule has 1 aliphatic heterocycles. The predicted molar refractivity (Wildman–Crippen MR) is 61.9 cm³/mol. The van der Waals surface area contributed by atoms with E-state index in [2.05, 4.69) is 4.98 Å². The highest BCUT2D eigenvalue weighted by Gasteiger charge is 2.25. The van der Waals surface area contributed by atoms with E-state index >= 15 is 0 Å². The van der Waals surface area contributed by atoms with Gasteiger partial charge in [-0.3, -0.25) is 0 Å². The van der Waals surface area contributed by atoms with E-state index in [0.717, 1.165) is 18.8 Å². The number of aliphatic hydroxyl groups excluding tert-OH is 2. The lowest BCUT2D eigenvalue weighted by molar-refractivity contribution is 0.198. The van der Waals surface area contributed by atoms with Crippen molar-refractivity contribution in [2.45, 2.75) is 26.0 Å². The highest BCUT2D eigenvalue weighted by Crippen LogP contribution is 2.28. The molecular weight excluding hydrogens is 230 g/mol. The first kappa shape index (κ1) is 11.7. The highest BCUT2D eigenvalue weighted by molar-refractivity contribution is 6.32. The van der Waals surface area contributed by atoms with Crippen molar-refractivity contribution in [3.05, 3.63) is 11.0 Å². The number of hydrogen-bond donors (Lipinski definition) is 2. The van der Waals surface area contributed by atoms with Crippen LogP contribution in [0.4, 0.5) is 5.82 Å². The smallest absolute Gasteiger partial charge is 0.166 e. The Morgan fingerprint density at radius 2 is 2.31 bits per heavy atom. The van der Waals surface area contributed by atoms with Gasteiger partial charge in [0.1, 0.15) is 5.82 Å². The summed E-state index contributed by atoms with van der Waals surface area (Å²) in [4.78, 5) is 6.36. The van der Waals surface area contributed by atoms with Crippen molar-refractivity contribution in [3.63, 3.8) is 0 Å². The van der Waals surface area contributed by atoms with Crippen LogP contribution in [0.3, 0.4) is 0 Å². The van der Waals surface area contributed by atoms with Crippen LogP contribution >= 0.6 is 11.6 Å². The fourth-order valence-electron chi connectivity index (χ4n) is 2.02. The summed E-state index contributed by atoms with van der Waals surface area (Å²) in [6, 6.07) is 0. The minimum Gasteiger partial charge on any atom is -0.395 e. The van der Waals surface area contributed by atoms with Crippen LogP contribution in [0.5, 0.6) is 0 Å². The molecular formula is C10H16ClN3O2. The number of anilines is 1. The van der Waals surface area contributed by atoms with Crippen molar-refractivity contribution in [1.82, 2.24) is 9.55 Å². The number of β-amino-alcohol motifs (C(OH)–C–C–N with tert-alkyl or cyclic N) is 1. The minimum absolute atomic E-state index is 0.0407. The Morgan fingerprint density at radius 3 is 2.88 bits per heavy atom. The molecule has 0 bridgehead atoms. The van der Waals surface area contributed by atoms with Gasteiger partial charge in [-0.05, 0) is 13.3 Å². The van der Waals surface area contributed by atoms with Gasteiger partial charge in [-0.2, -0.15) is 0 Å². The molecule has 6 heteroatoms. The predicted octanol–water partition coefficient (Wildman–Crippen LogP) is 0.408. The standard InChI is InChI=1S/C10H16ClN3O2/c1-7-12-10(9(11)14(7)4-5-15)13-3-2-8(16)6-13/h8,15-16H,2-6H2,1H3. The van der Waals surface area contributed by atoms with Gasteiger partial charge in [-0.25, -0.2) is 4.98 Å². The first-order valence-electron chi connectivity index (χ1n) is 5.40. The van der Waals surface area contributed by atoms with Gasteiger partial charge in [0.05, 0.1) is 12.7 Å². The summed E-state index contributed by atoms with van der Waals surface area (Å²) in [6.07, 6.45) is 0.460. The zero-order valence-corrected chi connectivity index (χ0v) is 9.98. The monoisotopic (exact) mass is 245 g/mol. The number of aromatic nitrogens is 2. The van der Waals surface area contributed by atoms with Crippen LogP contribution in [-0.4, -0.2) is 45.6 Å². The molecule has 0 radical (unpaired) electrons. The van der Waals surface area contributed by atoms with Crippen LogP contribution in [0.2, 0.25) is 5.15 Å². The van der Waals surface area contributed by atoms with Gasteiger partial charge in [-0.1, -0.05) is 11.6 Å². The molecule has 1 unspecified atom stereocenters. The maximum absolute atomic E-state index is 9.47. The van der Waals surface area contributed by atoms with Gasteiger partial charge < -0.3 is 19.7 Å². The molecule has 1 fully saturated rings. The molecule has 2 rings (SSSR count). The first-order valence-corrected chi connectivity index (χ1v) is 5.77. The Labute approximate surface area is 99.3 Å². The topological polar surface area (TPSA) is 61.5 Å². The van der Waals surface area contributed by atoms with E-state index in [9.17, 15) is 5.11 Å². The van der Waals surface area contributed by atoms with Crippen molar-refractivity contribution in [1.29, 1.82) is 0 Å². The molecule has 0 amide bonds. The van der Waals surface area contributed by atoms with Gasteiger partial charge in [0, 0.05) is 19.6 Å². The molecule has 2 heterocycles. The minimum atomic E-state index is -0.292. The van der Waals surface area contributed by atoms with Gasteiger partial charge in [0.25, 0.3) is 0 Å². The van der Waals surface area contributed by atoms with Crippen LogP contribution in [0.15, 0.2) is 0 Å². The second-order valence-corrected chi connectivity index (χ2v) is 4.40. The van der Waals surface area contributed by atoms with Crippen LogP contribution < -0.4 is 4.90 Å². The van der Waals surface area contributed by atoms with E-state index in [-0.39, 0.29) is 12.7 Å². The number of rotatable bonds is 3. The first-order chi connectivity index (χ1) is 7.63. The highest BCUT2D eigenvalue weighted by atomic mass is 35.5. The second-order valence-electron chi connectivity index (χ2n) is 4.04. The molecule has 1 aliphatic rings. The van der Waals surface area contributed by atoms with E-state index in [1.165, 1.54) is 0 Å². The zero-order chi connectivity index (χ0) is 11.7. The normalized spacial score (nSPS) is 20.8. The van der Waals surface area contributed by atoms with Gasteiger partial charge >= 0.3 is 0 Å². The second kappa shape index (κ2) is 4.61. The summed E-state index contributed by atoms with van der Waals surface area (Å²) >= 11 is 6.20. The molecule has 0 aliphatic carbocycles. The molecule has 1 aromatic rings. The Hall–Kier alpha value is -0.780. The molecule has 16 heavy (non-hydrogen) atoms. The zero-order valence-electron chi connectivity index (χ0n) is 9.23. The van der Waals surface area contributed by atoms with Crippen LogP contribution in [0, 0.1) is 6.92 Å². The number of aliphatic hydroxyl groups is 2. The fraction of sp³-hybridized carbons (Fsp3) is 0.700. The average Bonchev–Trinajstić information content (AvgIpc) is 2.77. The van der Waals surface area contributed by atoms with Crippen molar-refractivity contribution >= 4 is 17.4 Å². The third kappa shape index (κ3) is 2.03. The lowest BCUT2D eigenvalue weighted by Gasteiger charge is -2.14. The van der Waals surface area contributed by atoms with Gasteiger partial charge in [0.2, 0.25) is 0 Å². The molecule has 0 aromatic carbocycles. The Balaban J connectivity index is 2.25. The Kier molecular flexibility index (Phi) is 3.37. The van der Waals surface area contributed by atoms with Crippen molar-refractivity contribution in [3.8, 4) is 0 Å². The Morgan fingerprint density at radius 1 is 1.56 bits per heavy atom. The summed E-state index contributed by atoms with van der Waals surface area (Å²) in [5.74, 6) is 1.50. The maximum atomic E-state index is 9.47. The van der Waals surface area contributed by atoms with E-state index in [4.69, 9.17) is 16.7 Å². The van der Waals surface area contributed by atoms with Crippen molar-refractivity contribution < 1.29 is 10.2 Å². The van der Waals surface area contributed by atoms with Gasteiger partial charge in [-0.15, -0.1) is 0 Å². The molecule has 5 nitrogen and oxygen atoms in total. The number of aryl methyl sites for hydroxylation is 1. The molecule has 90 valence electrons. The van der Waals surface area contributed by atoms with Crippen molar-refractivity contribution in [2.24, 2.45) is 0 Å². The lowest BCUT2D eigenvalue weighted by Crippen LogP contribution is -2.21. The van der Waals surface area contributed by atoms with Crippen LogP contribution in [-0.2, 0) is 6.54 Å². The SMILES string of the molecule is Cc1nc(N2CCC(O)C2)c(Cl)n1CCO. The number of nitrogens with zero attached hydrogens (tertiary/aromatic N) is 3. The van der Waals surface area contributed by atoms with Crippen molar-refractivity contribution in [2.75, 3.05) is 24.6 Å². The summed E-state index contributed by atoms with van der Waals surface area (Å²) < 4.78 is 1.78. The Bertz CT molecular complexity index is 380. The third-order valence-electron chi connectivity index (χ3n) is 2.87. The number of imidazole rings is 1. The largest absolute Gasteiger partial charge is 0.395 e. The van der Waals surface area contributed by atoms with E-state index in [1.807, 2.05) is 11.8 Å². The van der Waals surface area contributed by atoms with Gasteiger partial charge in [0.15, 0.2) is 11.0 Å². The molecule has 2 N–H and O–H groups in total. The molecule has 0 saturated carbocycles. The molecule has 0 spiro atoms. The maximum Gasteiger partial charge on any atom is 0.166 e. The molecule has 1 saturated heterocycles. The average molecular weight is 246 g/mol. The summed E-state index contributed by atoms with van der Waals surface area (Å²) in [5, 5.41) is 18.9. The number of halogens is 1. The van der Waals surface area contributed by atoms with Crippen LogP contribution in [0.1, 0.15) is 12.2 Å². The lowest BCUT2D eigenvalue weighted by atomic mass is 10.3. The quantitative estimate of drug-likeness (QED) is 0.810. The third-order valence-corrected chi connectivity index (χ3v) is 3.24. The molecule has 1 aromatic heterocycles. The summed E-state index contributed by atoms with van der Waals surface area (Å²) in [5.41, 5.74) is 0. The fourth-order valence-corrected chi connectivity index (χ4v) is 2.39. The van der Waals surface area contributed by atoms with Crippen LogP contribution in [0.25, 0.3) is 0 Å². The summed E-state index contributed by atoms with van der Waals surface area (Å²) in [7, 11) is 0. The number of hydrogen-bond acceptors (Lipinski definition) is 4. The summed E-state index contributed by atoms with van der Waals surface area (Å²) in [6.45, 7) is 3.70. The van der Waals surface area contributed by atoms with E-state index in [1.54, 1.807) is 4.57 Å². The van der Waals surface area contributed by atoms with E-state index < -0.39 is 0 Å². The van der Waals surface area contributed by atoms with E-state index in [0.29, 0.717) is 24.1 Å². The molecule has 1 atom stereocenters.